The van der Waals surface area contributed by atoms with Gasteiger partial charge in [-0.05, 0) is 0 Å². The molecule has 0 aliphatic rings. The Bertz CT molecular complexity index is 348. The minimum atomic E-state index is -0.271. The molecule has 0 radical (unpaired) electrons. The van der Waals surface area contributed by atoms with Gasteiger partial charge in [-0.3, -0.25) is 4.79 Å². The monoisotopic (exact) mass is 213 g/mol. The maximum absolute atomic E-state index is 10.9. The summed E-state index contributed by atoms with van der Waals surface area (Å²) >= 11 is 4.79. The van der Waals surface area contributed by atoms with Gasteiger partial charge in [0.25, 0.3) is 0 Å². The van der Waals surface area contributed by atoms with Gasteiger partial charge < -0.3 is 15.0 Å². The number of hydrogen-bond acceptors (Lipinski definition) is 4. The van der Waals surface area contributed by atoms with Gasteiger partial charge in [-0.2, -0.15) is 0 Å². The van der Waals surface area contributed by atoms with Crippen LogP contribution in [0.2, 0.25) is 0 Å². The quantitative estimate of drug-likeness (QED) is 0.566. The lowest BCUT2D eigenvalue weighted by molar-refractivity contribution is -0.140. The maximum atomic E-state index is 10.9. The molecule has 0 amide bonds. The highest BCUT2D eigenvalue weighted by Crippen LogP contribution is 1.99. The van der Waals surface area contributed by atoms with E-state index in [1.54, 1.807) is 17.0 Å². The molecule has 0 fully saturated rings. The van der Waals surface area contributed by atoms with E-state index in [0.717, 1.165) is 0 Å². The van der Waals surface area contributed by atoms with Crippen molar-refractivity contribution in [2.75, 3.05) is 7.11 Å². The molecule has 0 saturated carbocycles. The van der Waals surface area contributed by atoms with Crippen molar-refractivity contribution < 1.29 is 9.53 Å². The number of thiocarbonyl (C=S) groups is 1. The first kappa shape index (κ1) is 10.6. The lowest BCUT2D eigenvalue weighted by Crippen LogP contribution is -2.18. The molecule has 0 aliphatic heterocycles. The summed E-state index contributed by atoms with van der Waals surface area (Å²) in [6, 6.07) is 0. The van der Waals surface area contributed by atoms with Crippen LogP contribution in [0.15, 0.2) is 12.4 Å². The van der Waals surface area contributed by atoms with Gasteiger partial charge in [-0.1, -0.05) is 12.2 Å². The molecular weight excluding hydrogens is 202 g/mol. The Kier molecular flexibility index (Phi) is 3.58. The lowest BCUT2D eigenvalue weighted by Gasteiger charge is -2.04. The molecule has 0 aromatic carbocycles. The number of methoxy groups -OCH3 is 1. The molecule has 1 rings (SSSR count). The largest absolute Gasteiger partial charge is 0.469 e. The molecule has 1 aromatic heterocycles. The van der Waals surface area contributed by atoms with Crippen LogP contribution < -0.4 is 5.73 Å². The second-order valence-electron chi connectivity index (χ2n) is 2.63. The Morgan fingerprint density at radius 2 is 2.50 bits per heavy atom. The molecule has 6 heteroatoms. The van der Waals surface area contributed by atoms with Crippen molar-refractivity contribution in [3.63, 3.8) is 0 Å². The second kappa shape index (κ2) is 4.71. The molecular formula is C8H11N3O2S. The van der Waals surface area contributed by atoms with Crippen molar-refractivity contribution in [2.24, 2.45) is 5.73 Å². The highest BCUT2D eigenvalue weighted by molar-refractivity contribution is 7.80. The van der Waals surface area contributed by atoms with Gasteiger partial charge in [-0.25, -0.2) is 4.98 Å². The minimum Gasteiger partial charge on any atom is -0.469 e. The third kappa shape index (κ3) is 2.53. The first-order chi connectivity index (χ1) is 6.65. The summed E-state index contributed by atoms with van der Waals surface area (Å²) in [5.74, 6) is 0.247. The molecule has 0 saturated heterocycles. The zero-order valence-corrected chi connectivity index (χ0v) is 8.58. The number of aromatic nitrogens is 2. The minimum absolute atomic E-state index is 0.222. The molecule has 1 aromatic rings. The molecule has 76 valence electrons. The van der Waals surface area contributed by atoms with Crippen molar-refractivity contribution in [3.8, 4) is 0 Å². The Labute approximate surface area is 86.9 Å². The average molecular weight is 213 g/mol. The van der Waals surface area contributed by atoms with Crippen molar-refractivity contribution in [1.29, 1.82) is 0 Å². The summed E-state index contributed by atoms with van der Waals surface area (Å²) in [7, 11) is 1.35. The second-order valence-corrected chi connectivity index (χ2v) is 3.07. The van der Waals surface area contributed by atoms with E-state index in [0.29, 0.717) is 12.4 Å². The summed E-state index contributed by atoms with van der Waals surface area (Å²) in [5, 5.41) is 0. The molecule has 14 heavy (non-hydrogen) atoms. The number of carbonyl (C=O) groups is 1. The zero-order chi connectivity index (χ0) is 10.6. The number of hydrogen-bond donors (Lipinski definition) is 1. The summed E-state index contributed by atoms with van der Waals surface area (Å²) in [6.07, 6.45) is 3.59. The third-order valence-corrected chi connectivity index (χ3v) is 1.90. The fourth-order valence-electron chi connectivity index (χ4n) is 1.03. The molecule has 0 unspecified atom stereocenters. The fourth-order valence-corrected chi connectivity index (χ4v) is 1.20. The number of ether oxygens (including phenoxy) is 1. The smallest absolute Gasteiger partial charge is 0.307 e. The third-order valence-electron chi connectivity index (χ3n) is 1.72. The van der Waals surface area contributed by atoms with Crippen LogP contribution in [0.5, 0.6) is 0 Å². The van der Waals surface area contributed by atoms with E-state index >= 15 is 0 Å². The van der Waals surface area contributed by atoms with Crippen LogP contribution in [0.3, 0.4) is 0 Å². The molecule has 5 nitrogen and oxygen atoms in total. The Morgan fingerprint density at radius 3 is 3.07 bits per heavy atom. The predicted octanol–water partition coefficient (Wildman–Crippen LogP) is 0.0804. The van der Waals surface area contributed by atoms with Crippen molar-refractivity contribution in [2.45, 2.75) is 13.0 Å². The van der Waals surface area contributed by atoms with E-state index in [2.05, 4.69) is 9.72 Å². The highest BCUT2D eigenvalue weighted by atomic mass is 32.1. The number of esters is 1. The molecule has 2 N–H and O–H groups in total. The Morgan fingerprint density at radius 1 is 1.79 bits per heavy atom. The van der Waals surface area contributed by atoms with Crippen LogP contribution in [0, 0.1) is 0 Å². The summed E-state index contributed by atoms with van der Waals surface area (Å²) < 4.78 is 6.23. The van der Waals surface area contributed by atoms with Gasteiger partial charge in [0.15, 0.2) is 5.82 Å². The molecule has 0 bridgehead atoms. The number of imidazole rings is 1. The number of rotatable bonds is 4. The van der Waals surface area contributed by atoms with Crippen LogP contribution in [-0.2, 0) is 16.1 Å². The molecule has 0 atom stereocenters. The Hall–Kier alpha value is -1.43. The van der Waals surface area contributed by atoms with Gasteiger partial charge in [-0.15, -0.1) is 0 Å². The van der Waals surface area contributed by atoms with Crippen molar-refractivity contribution in [3.05, 3.63) is 18.2 Å². The normalized spacial score (nSPS) is 9.79. The van der Waals surface area contributed by atoms with Crippen molar-refractivity contribution >= 4 is 23.2 Å². The van der Waals surface area contributed by atoms with E-state index in [1.165, 1.54) is 7.11 Å². The van der Waals surface area contributed by atoms with Gasteiger partial charge in [0.2, 0.25) is 0 Å². The summed E-state index contributed by atoms with van der Waals surface area (Å²) in [6.45, 7) is 0.472. The SMILES string of the molecule is COC(=O)CCn1ccnc1C(N)=S. The van der Waals surface area contributed by atoms with E-state index < -0.39 is 0 Å². The predicted molar refractivity (Wildman–Crippen MR) is 54.7 cm³/mol. The van der Waals surface area contributed by atoms with Gasteiger partial charge in [0, 0.05) is 18.9 Å². The van der Waals surface area contributed by atoms with Gasteiger partial charge >= 0.3 is 5.97 Å². The van der Waals surface area contributed by atoms with E-state index in [4.69, 9.17) is 18.0 Å². The molecule has 0 spiro atoms. The van der Waals surface area contributed by atoms with Gasteiger partial charge in [0.05, 0.1) is 13.5 Å². The molecule has 0 aliphatic carbocycles. The first-order valence-electron chi connectivity index (χ1n) is 4.03. The molecule has 1 heterocycles. The first-order valence-corrected chi connectivity index (χ1v) is 4.43. The van der Waals surface area contributed by atoms with Crippen LogP contribution in [0.1, 0.15) is 12.2 Å². The summed E-state index contributed by atoms with van der Waals surface area (Å²) in [5.41, 5.74) is 5.43. The zero-order valence-electron chi connectivity index (χ0n) is 7.77. The summed E-state index contributed by atoms with van der Waals surface area (Å²) in [4.78, 5) is 15.1. The van der Waals surface area contributed by atoms with E-state index in [1.807, 2.05) is 0 Å². The number of nitrogens with zero attached hydrogens (tertiary/aromatic N) is 2. The Balaban J connectivity index is 2.63. The lowest BCUT2D eigenvalue weighted by atomic mass is 10.4. The maximum Gasteiger partial charge on any atom is 0.307 e. The van der Waals surface area contributed by atoms with E-state index in [9.17, 15) is 4.79 Å². The fraction of sp³-hybridized carbons (Fsp3) is 0.375. The number of carbonyl (C=O) groups excluding carboxylic acids is 1. The standard InChI is InChI=1S/C8H11N3O2S/c1-13-6(12)2-4-11-5-3-10-8(11)7(9)14/h3,5H,2,4H2,1H3,(H2,9,14). The topological polar surface area (TPSA) is 70.1 Å². The number of aryl methyl sites for hydroxylation is 1. The van der Waals surface area contributed by atoms with Crippen LogP contribution in [0.4, 0.5) is 0 Å². The average Bonchev–Trinajstić information content (AvgIpc) is 2.62. The van der Waals surface area contributed by atoms with Gasteiger partial charge in [0.1, 0.15) is 4.99 Å². The van der Waals surface area contributed by atoms with Crippen LogP contribution >= 0.6 is 12.2 Å². The number of nitrogens with two attached hydrogens (primary N) is 1. The van der Waals surface area contributed by atoms with Crippen LogP contribution in [-0.4, -0.2) is 27.6 Å². The highest BCUT2D eigenvalue weighted by Gasteiger charge is 2.07. The van der Waals surface area contributed by atoms with E-state index in [-0.39, 0.29) is 17.4 Å². The van der Waals surface area contributed by atoms with Crippen molar-refractivity contribution in [1.82, 2.24) is 9.55 Å². The van der Waals surface area contributed by atoms with Crippen LogP contribution in [0.25, 0.3) is 0 Å².